The van der Waals surface area contributed by atoms with E-state index in [1.165, 1.54) is 0 Å². The van der Waals surface area contributed by atoms with E-state index in [9.17, 15) is 4.79 Å². The number of hydrogen-bond donors (Lipinski definition) is 2. The number of carbonyl (C=O) groups excluding carboxylic acids is 1. The van der Waals surface area contributed by atoms with Gasteiger partial charge in [-0.2, -0.15) is 0 Å². The number of nitrogens with one attached hydrogen (secondary N) is 2. The van der Waals surface area contributed by atoms with Gasteiger partial charge in [-0.25, -0.2) is 0 Å². The first kappa shape index (κ1) is 20.1. The molecule has 0 radical (unpaired) electrons. The highest BCUT2D eigenvalue weighted by Crippen LogP contribution is 2.27. The van der Waals surface area contributed by atoms with E-state index in [1.54, 1.807) is 7.11 Å². The number of nitrogens with zero attached hydrogens (tertiary/aromatic N) is 1. The smallest absolute Gasteiger partial charge is 0.227 e. The number of rotatable bonds is 6. The van der Waals surface area contributed by atoms with Gasteiger partial charge in [0.05, 0.1) is 13.2 Å². The van der Waals surface area contributed by atoms with E-state index < -0.39 is 0 Å². The fraction of sp³-hybridized carbons (Fsp3) is 0.364. The van der Waals surface area contributed by atoms with Crippen LogP contribution in [0.15, 0.2) is 42.5 Å². The van der Waals surface area contributed by atoms with Gasteiger partial charge in [0.2, 0.25) is 5.91 Å². The van der Waals surface area contributed by atoms with Crippen LogP contribution in [0.25, 0.3) is 0 Å². The molecule has 2 aromatic rings. The molecule has 0 aromatic heterocycles. The van der Waals surface area contributed by atoms with Crippen LogP contribution in [-0.4, -0.2) is 24.7 Å². The van der Waals surface area contributed by atoms with Gasteiger partial charge in [0.1, 0.15) is 5.75 Å². The monoisotopic (exact) mass is 397 g/mol. The Kier molecular flexibility index (Phi) is 6.52. The molecule has 1 aliphatic rings. The molecule has 28 heavy (non-hydrogen) atoms. The molecule has 1 saturated heterocycles. The fourth-order valence-electron chi connectivity index (χ4n) is 3.52. The summed E-state index contributed by atoms with van der Waals surface area (Å²) in [4.78, 5) is 13.9. The first-order valence-electron chi connectivity index (χ1n) is 9.64. The number of hydrogen-bond acceptors (Lipinski definition) is 3. The van der Waals surface area contributed by atoms with E-state index in [1.807, 2.05) is 42.2 Å². The van der Waals surface area contributed by atoms with Crippen molar-refractivity contribution in [2.24, 2.45) is 0 Å². The third kappa shape index (κ3) is 4.62. The lowest BCUT2D eigenvalue weighted by Crippen LogP contribution is -2.32. The highest BCUT2D eigenvalue weighted by atomic mass is 32.1. The van der Waals surface area contributed by atoms with Gasteiger partial charge in [0, 0.05) is 24.3 Å². The van der Waals surface area contributed by atoms with E-state index in [0.29, 0.717) is 11.5 Å². The molecule has 2 aromatic carbocycles. The van der Waals surface area contributed by atoms with Crippen LogP contribution in [0.4, 0.5) is 11.4 Å². The lowest BCUT2D eigenvalue weighted by Gasteiger charge is -2.22. The maximum absolute atomic E-state index is 12.0. The van der Waals surface area contributed by atoms with Gasteiger partial charge in [-0.3, -0.25) is 4.79 Å². The van der Waals surface area contributed by atoms with Gasteiger partial charge in [-0.15, -0.1) is 0 Å². The quantitative estimate of drug-likeness (QED) is 0.700. The van der Waals surface area contributed by atoms with E-state index in [4.69, 9.17) is 17.0 Å². The maximum Gasteiger partial charge on any atom is 0.227 e. The number of aryl methyl sites for hydroxylation is 1. The first-order chi connectivity index (χ1) is 13.5. The molecule has 1 heterocycles. The van der Waals surface area contributed by atoms with Gasteiger partial charge in [0.15, 0.2) is 5.11 Å². The summed E-state index contributed by atoms with van der Waals surface area (Å²) in [6.07, 6.45) is 2.47. The third-order valence-electron chi connectivity index (χ3n) is 5.05. The van der Waals surface area contributed by atoms with Crippen molar-refractivity contribution in [3.05, 3.63) is 53.6 Å². The van der Waals surface area contributed by atoms with Crippen LogP contribution in [0.1, 0.15) is 43.4 Å². The number of ether oxygens (including phenoxy) is 1. The van der Waals surface area contributed by atoms with Crippen LogP contribution >= 0.6 is 12.2 Å². The van der Waals surface area contributed by atoms with Crippen LogP contribution in [0, 0.1) is 6.92 Å². The number of anilines is 2. The van der Waals surface area contributed by atoms with Crippen LogP contribution in [0.2, 0.25) is 0 Å². The Morgan fingerprint density at radius 3 is 2.57 bits per heavy atom. The summed E-state index contributed by atoms with van der Waals surface area (Å²) in [6, 6.07) is 14.1. The zero-order valence-electron chi connectivity index (χ0n) is 16.6. The molecule has 0 spiro atoms. The number of carbonyl (C=O) groups is 1. The van der Waals surface area contributed by atoms with Crippen molar-refractivity contribution in [3.8, 4) is 5.75 Å². The molecule has 0 bridgehead atoms. The second-order valence-electron chi connectivity index (χ2n) is 6.98. The highest BCUT2D eigenvalue weighted by Gasteiger charge is 2.23. The van der Waals surface area contributed by atoms with Crippen molar-refractivity contribution in [1.29, 1.82) is 0 Å². The van der Waals surface area contributed by atoms with E-state index in [0.717, 1.165) is 47.6 Å². The Hall–Kier alpha value is -2.60. The van der Waals surface area contributed by atoms with Gasteiger partial charge < -0.3 is 20.3 Å². The second-order valence-corrected chi connectivity index (χ2v) is 7.39. The van der Waals surface area contributed by atoms with Crippen molar-refractivity contribution in [1.82, 2.24) is 5.32 Å². The zero-order chi connectivity index (χ0) is 20.1. The Morgan fingerprint density at radius 1 is 1.25 bits per heavy atom. The normalized spacial score (nSPS) is 14.7. The van der Waals surface area contributed by atoms with Crippen molar-refractivity contribution < 1.29 is 9.53 Å². The molecule has 5 nitrogen and oxygen atoms in total. The Bertz CT molecular complexity index is 851. The summed E-state index contributed by atoms with van der Waals surface area (Å²) in [5.74, 6) is 1.04. The lowest BCUT2D eigenvalue weighted by molar-refractivity contribution is -0.117. The van der Waals surface area contributed by atoms with Crippen molar-refractivity contribution >= 4 is 34.6 Å². The van der Waals surface area contributed by atoms with Gasteiger partial charge in [-0.05, 0) is 73.4 Å². The van der Waals surface area contributed by atoms with Crippen LogP contribution in [0.5, 0.6) is 5.75 Å². The van der Waals surface area contributed by atoms with E-state index in [2.05, 4.69) is 29.7 Å². The molecule has 3 rings (SSSR count). The number of benzene rings is 2. The van der Waals surface area contributed by atoms with Gasteiger partial charge >= 0.3 is 0 Å². The van der Waals surface area contributed by atoms with Crippen molar-refractivity contribution in [3.63, 3.8) is 0 Å². The highest BCUT2D eigenvalue weighted by molar-refractivity contribution is 7.80. The average Bonchev–Trinajstić information content (AvgIpc) is 3.12. The van der Waals surface area contributed by atoms with E-state index >= 15 is 0 Å². The van der Waals surface area contributed by atoms with Crippen molar-refractivity contribution in [2.75, 3.05) is 23.9 Å². The molecule has 148 valence electrons. The lowest BCUT2D eigenvalue weighted by atomic mass is 10.0. The molecular formula is C22H27N3O2S. The summed E-state index contributed by atoms with van der Waals surface area (Å²) >= 11 is 5.52. The fourth-order valence-corrected chi connectivity index (χ4v) is 3.78. The van der Waals surface area contributed by atoms with Gasteiger partial charge in [-0.1, -0.05) is 19.1 Å². The minimum atomic E-state index is 0.119. The summed E-state index contributed by atoms with van der Waals surface area (Å²) in [5, 5.41) is 7.22. The molecule has 1 amide bonds. The Morgan fingerprint density at radius 2 is 2.00 bits per heavy atom. The maximum atomic E-state index is 12.0. The number of amides is 1. The number of methoxy groups -OCH3 is 1. The molecule has 1 atom stereocenters. The van der Waals surface area contributed by atoms with E-state index in [-0.39, 0.29) is 11.9 Å². The summed E-state index contributed by atoms with van der Waals surface area (Å²) < 4.78 is 5.22. The molecule has 6 heteroatoms. The SMILES string of the molecule is CCC(NC(=S)Nc1ccc(N2CCCC2=O)c(C)c1)c1ccc(OC)cc1. The molecule has 0 saturated carbocycles. The zero-order valence-corrected chi connectivity index (χ0v) is 17.4. The average molecular weight is 398 g/mol. The summed E-state index contributed by atoms with van der Waals surface area (Å²) in [6.45, 7) is 4.94. The van der Waals surface area contributed by atoms with Crippen LogP contribution in [0.3, 0.4) is 0 Å². The largest absolute Gasteiger partial charge is 0.497 e. The minimum Gasteiger partial charge on any atom is -0.497 e. The topological polar surface area (TPSA) is 53.6 Å². The third-order valence-corrected chi connectivity index (χ3v) is 5.27. The molecule has 1 fully saturated rings. The predicted molar refractivity (Wildman–Crippen MR) is 118 cm³/mol. The van der Waals surface area contributed by atoms with Gasteiger partial charge in [0.25, 0.3) is 0 Å². The minimum absolute atomic E-state index is 0.119. The predicted octanol–water partition coefficient (Wildman–Crippen LogP) is 4.57. The number of thiocarbonyl (C=S) groups is 1. The summed E-state index contributed by atoms with van der Waals surface area (Å²) in [5.41, 5.74) is 4.11. The standard InChI is InChI=1S/C22H27N3O2S/c1-4-19(16-7-10-18(27-3)11-8-16)24-22(28)23-17-9-12-20(15(2)14-17)25-13-5-6-21(25)26/h7-12,14,19H,4-6,13H2,1-3H3,(H2,23,24,28). The molecule has 1 unspecified atom stereocenters. The molecule has 2 N–H and O–H groups in total. The van der Waals surface area contributed by atoms with Crippen molar-refractivity contribution in [2.45, 2.75) is 39.2 Å². The van der Waals surface area contributed by atoms with Crippen LogP contribution < -0.4 is 20.3 Å². The Balaban J connectivity index is 1.64. The van der Waals surface area contributed by atoms with Crippen LogP contribution in [-0.2, 0) is 4.79 Å². The summed E-state index contributed by atoms with van der Waals surface area (Å²) in [7, 11) is 1.66. The Labute approximate surface area is 172 Å². The molecule has 1 aliphatic heterocycles. The second kappa shape index (κ2) is 9.06. The first-order valence-corrected chi connectivity index (χ1v) is 10.0. The molecule has 0 aliphatic carbocycles. The molecular weight excluding hydrogens is 370 g/mol.